The minimum Gasteiger partial charge on any atom is -0.467 e. The van der Waals surface area contributed by atoms with Gasteiger partial charge in [0.25, 0.3) is 0 Å². The summed E-state index contributed by atoms with van der Waals surface area (Å²) in [6.07, 6.45) is 1.97. The Bertz CT molecular complexity index is 598. The van der Waals surface area contributed by atoms with Crippen molar-refractivity contribution in [1.29, 1.82) is 0 Å². The molecule has 1 saturated carbocycles. The van der Waals surface area contributed by atoms with E-state index in [-0.39, 0.29) is 18.4 Å². The van der Waals surface area contributed by atoms with Crippen LogP contribution in [0.25, 0.3) is 0 Å². The monoisotopic (exact) mass is 398 g/mol. The van der Waals surface area contributed by atoms with E-state index in [4.69, 9.17) is 9.47 Å². The van der Waals surface area contributed by atoms with Gasteiger partial charge in [-0.1, -0.05) is 6.92 Å². The van der Waals surface area contributed by atoms with Crippen LogP contribution in [0.4, 0.5) is 4.79 Å². The predicted octanol–water partition coefficient (Wildman–Crippen LogP) is 1.65. The Morgan fingerprint density at radius 1 is 1.21 bits per heavy atom. The number of nitrogens with zero attached hydrogens (tertiary/aromatic N) is 2. The number of likely N-dealkylation sites (N-methyl/N-ethyl adjacent to an activating group) is 1. The van der Waals surface area contributed by atoms with Gasteiger partial charge in [0, 0.05) is 13.6 Å². The molecule has 0 aromatic rings. The first-order valence-corrected chi connectivity index (χ1v) is 9.96. The Hall–Kier alpha value is -1.83. The van der Waals surface area contributed by atoms with Gasteiger partial charge in [0.15, 0.2) is 0 Å². The summed E-state index contributed by atoms with van der Waals surface area (Å²) in [4.78, 5) is 40.9. The van der Waals surface area contributed by atoms with Gasteiger partial charge in [-0.25, -0.2) is 9.59 Å². The number of hydrogen-bond donors (Lipinski definition) is 1. The summed E-state index contributed by atoms with van der Waals surface area (Å²) in [6.45, 7) is 7.26. The van der Waals surface area contributed by atoms with Gasteiger partial charge in [0.05, 0.1) is 25.7 Å². The van der Waals surface area contributed by atoms with Crippen molar-refractivity contribution < 1.29 is 29.0 Å². The second kappa shape index (κ2) is 8.68. The molecule has 1 heterocycles. The molecule has 1 N–H and O–H groups in total. The maximum atomic E-state index is 13.2. The maximum Gasteiger partial charge on any atom is 0.410 e. The number of methoxy groups -OCH3 is 1. The number of likely N-dealkylation sites (tertiary alicyclic amines) is 1. The smallest absolute Gasteiger partial charge is 0.410 e. The van der Waals surface area contributed by atoms with E-state index >= 15 is 0 Å². The van der Waals surface area contributed by atoms with Crippen molar-refractivity contribution in [3.8, 4) is 0 Å². The molecule has 2 fully saturated rings. The van der Waals surface area contributed by atoms with Gasteiger partial charge < -0.3 is 24.4 Å². The van der Waals surface area contributed by atoms with Crippen molar-refractivity contribution >= 4 is 18.0 Å². The lowest BCUT2D eigenvalue weighted by molar-refractivity contribution is -0.156. The number of aliphatic hydroxyl groups is 1. The molecular formula is C20H34N2O6. The summed E-state index contributed by atoms with van der Waals surface area (Å²) in [5, 5.41) is 9.87. The number of rotatable bonds is 6. The van der Waals surface area contributed by atoms with Crippen LogP contribution in [0, 0.1) is 17.8 Å². The molecule has 0 aromatic carbocycles. The van der Waals surface area contributed by atoms with Gasteiger partial charge in [-0.2, -0.15) is 0 Å². The molecular weight excluding hydrogens is 364 g/mol. The molecule has 2 rings (SSSR count). The summed E-state index contributed by atoms with van der Waals surface area (Å²) in [5.41, 5.74) is -0.661. The summed E-state index contributed by atoms with van der Waals surface area (Å²) < 4.78 is 10.3. The van der Waals surface area contributed by atoms with Crippen LogP contribution in [0.5, 0.6) is 0 Å². The molecule has 4 atom stereocenters. The fourth-order valence-corrected chi connectivity index (χ4v) is 4.04. The van der Waals surface area contributed by atoms with Crippen LogP contribution in [-0.4, -0.2) is 77.9 Å². The summed E-state index contributed by atoms with van der Waals surface area (Å²) in [5.74, 6) is -0.862. The average Bonchev–Trinajstić information content (AvgIpc) is 3.37. The van der Waals surface area contributed by atoms with E-state index in [1.807, 2.05) is 6.92 Å². The number of hydrogen-bond acceptors (Lipinski definition) is 6. The SMILES string of the molecule is COC(=O)[C@H]([C@@H](C)C1CC1)N(C)C(=O)[C@H]1CCN(C(=O)OC(C)(C)C)[C@@H]1CO. The van der Waals surface area contributed by atoms with E-state index < -0.39 is 35.7 Å². The molecule has 1 aliphatic carbocycles. The van der Waals surface area contributed by atoms with E-state index in [2.05, 4.69) is 0 Å². The van der Waals surface area contributed by atoms with Gasteiger partial charge in [0.1, 0.15) is 11.6 Å². The summed E-state index contributed by atoms with van der Waals surface area (Å²) in [7, 11) is 2.93. The number of ether oxygens (including phenoxy) is 2. The molecule has 8 heteroatoms. The predicted molar refractivity (Wildman–Crippen MR) is 102 cm³/mol. The second-order valence-corrected chi connectivity index (χ2v) is 8.93. The fraction of sp³-hybridized carbons (Fsp3) is 0.850. The van der Waals surface area contributed by atoms with E-state index in [0.717, 1.165) is 12.8 Å². The number of carbonyl (C=O) groups excluding carboxylic acids is 3. The van der Waals surface area contributed by atoms with Crippen LogP contribution in [-0.2, 0) is 19.1 Å². The van der Waals surface area contributed by atoms with E-state index in [1.165, 1.54) is 16.9 Å². The first kappa shape index (κ1) is 22.5. The van der Waals surface area contributed by atoms with Gasteiger partial charge >= 0.3 is 12.1 Å². The molecule has 1 aliphatic heterocycles. The fourth-order valence-electron chi connectivity index (χ4n) is 4.04. The Balaban J connectivity index is 2.14. The van der Waals surface area contributed by atoms with Crippen molar-refractivity contribution in [2.45, 2.75) is 64.6 Å². The molecule has 0 unspecified atom stereocenters. The second-order valence-electron chi connectivity index (χ2n) is 8.93. The van der Waals surface area contributed by atoms with Gasteiger partial charge in [-0.3, -0.25) is 4.79 Å². The number of aliphatic hydroxyl groups excluding tert-OH is 1. The standard InChI is InChI=1S/C20H34N2O6/c1-12(13-7-8-13)16(18(25)27-6)21(5)17(24)14-9-10-22(15(14)11-23)19(26)28-20(2,3)4/h12-16,23H,7-11H2,1-6H3/t12-,14-,15+,16-/m0/s1. The lowest BCUT2D eigenvalue weighted by atomic mass is 9.92. The first-order chi connectivity index (χ1) is 13.0. The molecule has 0 radical (unpaired) electrons. The largest absolute Gasteiger partial charge is 0.467 e. The highest BCUT2D eigenvalue weighted by Crippen LogP contribution is 2.40. The normalized spacial score (nSPS) is 24.5. The molecule has 0 bridgehead atoms. The molecule has 8 nitrogen and oxygen atoms in total. The van der Waals surface area contributed by atoms with Crippen molar-refractivity contribution in [3.63, 3.8) is 0 Å². The average molecular weight is 399 g/mol. The molecule has 0 spiro atoms. The third-order valence-electron chi connectivity index (χ3n) is 5.75. The minimum absolute atomic E-state index is 0.00246. The van der Waals surface area contributed by atoms with Crippen LogP contribution in [0.2, 0.25) is 0 Å². The van der Waals surface area contributed by atoms with Crippen LogP contribution in [0.15, 0.2) is 0 Å². The molecule has 28 heavy (non-hydrogen) atoms. The topological polar surface area (TPSA) is 96.4 Å². The van der Waals surface area contributed by atoms with E-state index in [9.17, 15) is 19.5 Å². The third kappa shape index (κ3) is 4.96. The molecule has 0 aromatic heterocycles. The van der Waals surface area contributed by atoms with Crippen molar-refractivity contribution in [3.05, 3.63) is 0 Å². The highest BCUT2D eigenvalue weighted by Gasteiger charge is 2.47. The Morgan fingerprint density at radius 3 is 2.29 bits per heavy atom. The molecule has 2 amide bonds. The first-order valence-electron chi connectivity index (χ1n) is 9.96. The zero-order chi connectivity index (χ0) is 21.2. The van der Waals surface area contributed by atoms with E-state index in [1.54, 1.807) is 27.8 Å². The Kier molecular flexibility index (Phi) is 6.96. The summed E-state index contributed by atoms with van der Waals surface area (Å²) >= 11 is 0. The molecule has 1 saturated heterocycles. The number of amides is 2. The number of carbonyl (C=O) groups is 3. The van der Waals surface area contributed by atoms with Crippen LogP contribution >= 0.6 is 0 Å². The number of esters is 1. The van der Waals surface area contributed by atoms with Gasteiger partial charge in [-0.05, 0) is 51.9 Å². The zero-order valence-electron chi connectivity index (χ0n) is 17.8. The molecule has 160 valence electrons. The quantitative estimate of drug-likeness (QED) is 0.684. The summed E-state index contributed by atoms with van der Waals surface area (Å²) in [6, 6.07) is -1.33. The lowest BCUT2D eigenvalue weighted by Gasteiger charge is -2.34. The molecule has 2 aliphatic rings. The minimum atomic E-state index is -0.667. The highest BCUT2D eigenvalue weighted by molar-refractivity contribution is 5.87. The van der Waals surface area contributed by atoms with Crippen LogP contribution < -0.4 is 0 Å². The van der Waals surface area contributed by atoms with Crippen LogP contribution in [0.1, 0.15) is 47.0 Å². The highest BCUT2D eigenvalue weighted by atomic mass is 16.6. The zero-order valence-corrected chi connectivity index (χ0v) is 17.8. The van der Waals surface area contributed by atoms with Crippen molar-refractivity contribution in [2.24, 2.45) is 17.8 Å². The van der Waals surface area contributed by atoms with Gasteiger partial charge in [-0.15, -0.1) is 0 Å². The van der Waals surface area contributed by atoms with Gasteiger partial charge in [0.2, 0.25) is 5.91 Å². The van der Waals surface area contributed by atoms with Crippen molar-refractivity contribution in [1.82, 2.24) is 9.80 Å². The Labute approximate surface area is 167 Å². The maximum absolute atomic E-state index is 13.2. The lowest BCUT2D eigenvalue weighted by Crippen LogP contribution is -2.52. The van der Waals surface area contributed by atoms with E-state index in [0.29, 0.717) is 18.9 Å². The van der Waals surface area contributed by atoms with Crippen LogP contribution in [0.3, 0.4) is 0 Å². The van der Waals surface area contributed by atoms with Crippen molar-refractivity contribution in [2.75, 3.05) is 27.3 Å². The third-order valence-corrected chi connectivity index (χ3v) is 5.75. The Morgan fingerprint density at radius 2 is 1.82 bits per heavy atom.